The smallest absolute Gasteiger partial charge is 0.355 e. The number of aldehydes is 1. The van der Waals surface area contributed by atoms with Gasteiger partial charge in [0.15, 0.2) is 6.29 Å². The van der Waals surface area contributed by atoms with E-state index in [0.29, 0.717) is 11.8 Å². The maximum absolute atomic E-state index is 11.6. The van der Waals surface area contributed by atoms with E-state index in [1.165, 1.54) is 11.3 Å². The summed E-state index contributed by atoms with van der Waals surface area (Å²) in [4.78, 5) is 25.4. The van der Waals surface area contributed by atoms with E-state index in [1.807, 2.05) is 6.07 Å². The predicted molar refractivity (Wildman–Crippen MR) is 65.2 cm³/mol. The molecule has 0 radical (unpaired) electrons. The molecule has 2 aromatic heterocycles. The Kier molecular flexibility index (Phi) is 3.11. The van der Waals surface area contributed by atoms with Crippen molar-refractivity contribution in [3.63, 3.8) is 0 Å². The SMILES string of the molecule is CCOC(=O)c1[nH]c2cc(Br)sc2c1C=O. The van der Waals surface area contributed by atoms with Crippen molar-refractivity contribution in [2.45, 2.75) is 6.92 Å². The van der Waals surface area contributed by atoms with Crippen LogP contribution in [0.25, 0.3) is 10.2 Å². The molecule has 2 rings (SSSR count). The second-order valence-corrected chi connectivity index (χ2v) is 5.48. The fourth-order valence-corrected chi connectivity index (χ4v) is 3.01. The molecule has 16 heavy (non-hydrogen) atoms. The molecule has 0 bridgehead atoms. The Morgan fingerprint density at radius 1 is 1.69 bits per heavy atom. The topological polar surface area (TPSA) is 59.2 Å². The molecule has 2 aromatic rings. The van der Waals surface area contributed by atoms with Gasteiger partial charge in [-0.05, 0) is 28.9 Å². The van der Waals surface area contributed by atoms with Gasteiger partial charge in [0.05, 0.1) is 26.2 Å². The van der Waals surface area contributed by atoms with Crippen molar-refractivity contribution in [2.75, 3.05) is 6.61 Å². The second-order valence-electron chi connectivity index (χ2n) is 3.05. The molecule has 1 N–H and O–H groups in total. The summed E-state index contributed by atoms with van der Waals surface area (Å²) < 4.78 is 6.54. The lowest BCUT2D eigenvalue weighted by atomic mass is 10.2. The van der Waals surface area contributed by atoms with E-state index < -0.39 is 5.97 Å². The molecule has 4 nitrogen and oxygen atoms in total. The number of fused-ring (bicyclic) bond motifs is 1. The highest BCUT2D eigenvalue weighted by atomic mass is 79.9. The van der Waals surface area contributed by atoms with Gasteiger partial charge in [0, 0.05) is 0 Å². The second kappa shape index (κ2) is 4.39. The molecule has 0 saturated heterocycles. The number of thiophene rings is 1. The number of H-pyrrole nitrogens is 1. The van der Waals surface area contributed by atoms with Crippen LogP contribution < -0.4 is 0 Å². The minimum atomic E-state index is -0.496. The number of ether oxygens (including phenoxy) is 1. The maximum Gasteiger partial charge on any atom is 0.355 e. The lowest BCUT2D eigenvalue weighted by molar-refractivity contribution is 0.0518. The fraction of sp³-hybridized carbons (Fsp3) is 0.200. The number of aromatic nitrogens is 1. The number of nitrogens with one attached hydrogen (secondary N) is 1. The third-order valence-electron chi connectivity index (χ3n) is 2.07. The molecule has 84 valence electrons. The van der Waals surface area contributed by atoms with Crippen molar-refractivity contribution in [1.82, 2.24) is 4.98 Å². The third-order valence-corrected chi connectivity index (χ3v) is 3.74. The van der Waals surface area contributed by atoms with Gasteiger partial charge in [-0.2, -0.15) is 0 Å². The summed E-state index contributed by atoms with van der Waals surface area (Å²) in [5.41, 5.74) is 1.36. The molecule has 0 atom stereocenters. The summed E-state index contributed by atoms with van der Waals surface area (Å²) in [7, 11) is 0. The summed E-state index contributed by atoms with van der Waals surface area (Å²) in [5.74, 6) is -0.496. The van der Waals surface area contributed by atoms with Gasteiger partial charge in [-0.3, -0.25) is 4.79 Å². The van der Waals surface area contributed by atoms with Gasteiger partial charge < -0.3 is 9.72 Å². The molecule has 0 spiro atoms. The van der Waals surface area contributed by atoms with Crippen LogP contribution in [0.3, 0.4) is 0 Å². The largest absolute Gasteiger partial charge is 0.461 e. The molecular formula is C10H8BrNO3S. The van der Waals surface area contributed by atoms with Crippen molar-refractivity contribution in [3.8, 4) is 0 Å². The molecule has 2 heterocycles. The lowest BCUT2D eigenvalue weighted by Crippen LogP contribution is -2.07. The quantitative estimate of drug-likeness (QED) is 0.700. The zero-order chi connectivity index (χ0) is 11.7. The van der Waals surface area contributed by atoms with Crippen molar-refractivity contribution in [2.24, 2.45) is 0 Å². The van der Waals surface area contributed by atoms with Crippen LogP contribution in [0.2, 0.25) is 0 Å². The first kappa shape index (κ1) is 11.3. The normalized spacial score (nSPS) is 10.6. The number of esters is 1. The molecule has 6 heteroatoms. The number of carbonyl (C=O) groups is 2. The van der Waals surface area contributed by atoms with Crippen LogP contribution in [0.1, 0.15) is 27.8 Å². The zero-order valence-electron chi connectivity index (χ0n) is 8.37. The third kappa shape index (κ3) is 1.78. The predicted octanol–water partition coefficient (Wildman–Crippen LogP) is 2.98. The minimum Gasteiger partial charge on any atom is -0.461 e. The fourth-order valence-electron chi connectivity index (χ4n) is 1.45. The van der Waals surface area contributed by atoms with E-state index in [0.717, 1.165) is 14.0 Å². The van der Waals surface area contributed by atoms with Gasteiger partial charge in [-0.15, -0.1) is 11.3 Å². The Labute approximate surface area is 104 Å². The Bertz CT molecular complexity index is 558. The van der Waals surface area contributed by atoms with Gasteiger partial charge in [-0.1, -0.05) is 0 Å². The first-order valence-corrected chi connectivity index (χ1v) is 6.21. The molecule has 0 saturated carbocycles. The number of aromatic amines is 1. The van der Waals surface area contributed by atoms with Crippen LogP contribution in [0.4, 0.5) is 0 Å². The van der Waals surface area contributed by atoms with Crippen molar-refractivity contribution < 1.29 is 14.3 Å². The highest BCUT2D eigenvalue weighted by Gasteiger charge is 2.19. The van der Waals surface area contributed by atoms with Gasteiger partial charge >= 0.3 is 5.97 Å². The molecular weight excluding hydrogens is 294 g/mol. The number of hydrogen-bond acceptors (Lipinski definition) is 4. The maximum atomic E-state index is 11.6. The van der Waals surface area contributed by atoms with Crippen LogP contribution in [-0.2, 0) is 4.74 Å². The van der Waals surface area contributed by atoms with Crippen LogP contribution >= 0.6 is 27.3 Å². The summed E-state index contributed by atoms with van der Waals surface area (Å²) in [5, 5.41) is 0. The van der Waals surface area contributed by atoms with Crippen molar-refractivity contribution >= 4 is 49.7 Å². The number of carbonyl (C=O) groups excluding carboxylic acids is 2. The highest BCUT2D eigenvalue weighted by Crippen LogP contribution is 2.33. The Morgan fingerprint density at radius 2 is 2.44 bits per heavy atom. The standard InChI is InChI=1S/C10H8BrNO3S/c1-2-15-10(14)8-5(4-13)9-6(12-8)3-7(11)16-9/h3-4,12H,2H2,1H3. The summed E-state index contributed by atoms with van der Waals surface area (Å²) >= 11 is 4.73. The van der Waals surface area contributed by atoms with E-state index in [9.17, 15) is 9.59 Å². The molecule has 0 fully saturated rings. The molecule has 0 amide bonds. The Balaban J connectivity index is 2.57. The molecule has 0 aromatic carbocycles. The molecule has 0 aliphatic carbocycles. The van der Waals surface area contributed by atoms with E-state index in [2.05, 4.69) is 20.9 Å². The van der Waals surface area contributed by atoms with Gasteiger partial charge in [0.25, 0.3) is 0 Å². The number of halogens is 1. The molecule has 0 unspecified atom stereocenters. The minimum absolute atomic E-state index is 0.227. The summed E-state index contributed by atoms with van der Waals surface area (Å²) in [6.07, 6.45) is 0.675. The summed E-state index contributed by atoms with van der Waals surface area (Å²) in [6, 6.07) is 1.83. The molecule has 0 aliphatic rings. The number of hydrogen-bond donors (Lipinski definition) is 1. The van der Waals surface area contributed by atoms with E-state index in [-0.39, 0.29) is 12.3 Å². The monoisotopic (exact) mass is 301 g/mol. The van der Waals surface area contributed by atoms with Gasteiger partial charge in [0.1, 0.15) is 5.69 Å². The zero-order valence-corrected chi connectivity index (χ0v) is 10.8. The van der Waals surface area contributed by atoms with Crippen LogP contribution in [0, 0.1) is 0 Å². The Morgan fingerprint density at radius 3 is 3.06 bits per heavy atom. The average Bonchev–Trinajstić information content (AvgIpc) is 2.73. The Hall–Kier alpha value is -1.14. The van der Waals surface area contributed by atoms with Gasteiger partial charge in [-0.25, -0.2) is 4.79 Å². The van der Waals surface area contributed by atoms with E-state index in [4.69, 9.17) is 4.74 Å². The van der Waals surface area contributed by atoms with Crippen molar-refractivity contribution in [1.29, 1.82) is 0 Å². The number of rotatable bonds is 3. The highest BCUT2D eigenvalue weighted by molar-refractivity contribution is 9.11. The van der Waals surface area contributed by atoms with Crippen LogP contribution in [0.15, 0.2) is 9.85 Å². The first-order valence-electron chi connectivity index (χ1n) is 4.60. The average molecular weight is 302 g/mol. The van der Waals surface area contributed by atoms with Crippen molar-refractivity contribution in [3.05, 3.63) is 21.1 Å². The van der Waals surface area contributed by atoms with Crippen LogP contribution in [0.5, 0.6) is 0 Å². The lowest BCUT2D eigenvalue weighted by Gasteiger charge is -1.99. The molecule has 0 aliphatic heterocycles. The van der Waals surface area contributed by atoms with E-state index in [1.54, 1.807) is 6.92 Å². The van der Waals surface area contributed by atoms with Crippen LogP contribution in [-0.4, -0.2) is 23.8 Å². The van der Waals surface area contributed by atoms with E-state index >= 15 is 0 Å². The summed E-state index contributed by atoms with van der Waals surface area (Å²) in [6.45, 7) is 2.01. The van der Waals surface area contributed by atoms with Gasteiger partial charge in [0.2, 0.25) is 0 Å². The first-order chi connectivity index (χ1) is 7.67.